The van der Waals surface area contributed by atoms with Gasteiger partial charge in [-0.05, 0) is 17.2 Å². The topological polar surface area (TPSA) is 115 Å². The molecule has 9 heteroatoms. The highest BCUT2D eigenvalue weighted by Crippen LogP contribution is 2.59. The van der Waals surface area contributed by atoms with Crippen molar-refractivity contribution >= 4 is 15.9 Å². The van der Waals surface area contributed by atoms with E-state index in [-0.39, 0.29) is 5.70 Å². The minimum atomic E-state index is -1.70. The summed E-state index contributed by atoms with van der Waals surface area (Å²) in [4.78, 5) is 14.3. The Morgan fingerprint density at radius 2 is 1.74 bits per heavy atom. The van der Waals surface area contributed by atoms with Crippen LogP contribution in [0.1, 0.15) is 23.0 Å². The molecule has 1 heterocycles. The van der Waals surface area contributed by atoms with E-state index in [1.807, 2.05) is 24.3 Å². The van der Waals surface area contributed by atoms with Gasteiger partial charge in [0.25, 0.3) is 5.70 Å². The van der Waals surface area contributed by atoms with Crippen molar-refractivity contribution in [2.45, 2.75) is 11.8 Å². The Hall–Kier alpha value is -3.24. The molecule has 4 rings (SSSR count). The second-order valence-corrected chi connectivity index (χ2v) is 9.18. The van der Waals surface area contributed by atoms with Crippen LogP contribution in [0.15, 0.2) is 70.5 Å². The van der Waals surface area contributed by atoms with Crippen molar-refractivity contribution in [2.24, 2.45) is 5.41 Å². The number of allylic oxidation sites excluding steroid dienone is 2. The first-order valence-electron chi connectivity index (χ1n) is 11.1. The molecule has 0 spiro atoms. The lowest BCUT2D eigenvalue weighted by Crippen LogP contribution is -2.40. The van der Waals surface area contributed by atoms with Gasteiger partial charge in [0.2, 0.25) is 0 Å². The molecule has 8 nitrogen and oxygen atoms in total. The molecule has 0 aromatic heterocycles. The molecule has 2 aromatic carbocycles. The summed E-state index contributed by atoms with van der Waals surface area (Å²) in [6.07, 6.45) is 0. The third kappa shape index (κ3) is 4.30. The second-order valence-electron chi connectivity index (χ2n) is 8.33. The summed E-state index contributed by atoms with van der Waals surface area (Å²) in [5, 5.41) is 36.6. The molecular weight excluding hydrogens is 498 g/mol. The van der Waals surface area contributed by atoms with Crippen LogP contribution >= 0.6 is 15.9 Å². The Bertz CT molecular complexity index is 1150. The molecule has 2 aromatic rings. The third-order valence-corrected chi connectivity index (χ3v) is 7.23. The van der Waals surface area contributed by atoms with E-state index in [0.717, 1.165) is 13.1 Å². The molecule has 0 unspecified atom stereocenters. The molecule has 0 amide bonds. The number of nitrogens with zero attached hydrogens (tertiary/aromatic N) is 4. The summed E-state index contributed by atoms with van der Waals surface area (Å²) >= 11 is 3.55. The lowest BCUT2D eigenvalue weighted by molar-refractivity contribution is -0.431. The molecule has 1 aliphatic heterocycles. The van der Waals surface area contributed by atoms with Crippen LogP contribution in [0.25, 0.3) is 0 Å². The normalized spacial score (nSPS) is 22.1. The Balaban J connectivity index is 1.84. The number of halogens is 1. The highest BCUT2D eigenvalue weighted by Gasteiger charge is 2.62. The molecule has 1 N–H and O–H groups in total. The highest BCUT2D eigenvalue weighted by molar-refractivity contribution is 9.10. The number of hydrogen-bond donors (Lipinski definition) is 1. The number of morpholine rings is 1. The van der Waals surface area contributed by atoms with E-state index < -0.39 is 22.2 Å². The number of rotatable bonds is 7. The van der Waals surface area contributed by atoms with Crippen LogP contribution < -0.4 is 5.32 Å². The predicted molar refractivity (Wildman–Crippen MR) is 129 cm³/mol. The highest BCUT2D eigenvalue weighted by atomic mass is 79.9. The quantitative estimate of drug-likeness (QED) is 0.435. The van der Waals surface area contributed by atoms with Crippen LogP contribution in [-0.4, -0.2) is 49.2 Å². The Morgan fingerprint density at radius 1 is 1.09 bits per heavy atom. The van der Waals surface area contributed by atoms with Gasteiger partial charge in [0, 0.05) is 30.7 Å². The molecule has 0 bridgehead atoms. The van der Waals surface area contributed by atoms with Crippen molar-refractivity contribution in [1.82, 2.24) is 10.2 Å². The standard InChI is InChI=1S/C25H24BrN5O3/c26-20-9-5-4-8-19(20)22-23(29-10-11-30-12-14-34-15-13-30)24(31(32)33)21(25(22,16-27)17-28)18-6-2-1-3-7-18/h1-9,21-22,29H,10-15H2/t21-,22-/m0/s1. The van der Waals surface area contributed by atoms with Crippen LogP contribution in [-0.2, 0) is 4.74 Å². The Kier molecular flexibility index (Phi) is 7.28. The molecule has 1 saturated heterocycles. The molecule has 0 saturated carbocycles. The van der Waals surface area contributed by atoms with Crippen LogP contribution in [0.4, 0.5) is 0 Å². The second kappa shape index (κ2) is 10.4. The van der Waals surface area contributed by atoms with E-state index >= 15 is 0 Å². The van der Waals surface area contributed by atoms with Gasteiger partial charge in [0.05, 0.1) is 41.9 Å². The number of ether oxygens (including phenoxy) is 1. The lowest BCUT2D eigenvalue weighted by Gasteiger charge is -2.30. The molecule has 1 aliphatic carbocycles. The first-order valence-corrected chi connectivity index (χ1v) is 11.9. The Morgan fingerprint density at radius 3 is 2.35 bits per heavy atom. The maximum Gasteiger partial charge on any atom is 0.275 e. The van der Waals surface area contributed by atoms with E-state index in [2.05, 4.69) is 38.3 Å². The summed E-state index contributed by atoms with van der Waals surface area (Å²) in [5.41, 5.74) is -0.273. The van der Waals surface area contributed by atoms with E-state index in [1.54, 1.807) is 30.3 Å². The predicted octanol–water partition coefficient (Wildman–Crippen LogP) is 3.77. The van der Waals surface area contributed by atoms with Crippen molar-refractivity contribution in [1.29, 1.82) is 10.5 Å². The summed E-state index contributed by atoms with van der Waals surface area (Å²) < 4.78 is 6.09. The minimum Gasteiger partial charge on any atom is -0.381 e. The average molecular weight is 522 g/mol. The van der Waals surface area contributed by atoms with Gasteiger partial charge in [0.1, 0.15) is 5.92 Å². The van der Waals surface area contributed by atoms with Crippen LogP contribution in [0, 0.1) is 38.2 Å². The largest absolute Gasteiger partial charge is 0.381 e. The monoisotopic (exact) mass is 521 g/mol. The van der Waals surface area contributed by atoms with Gasteiger partial charge in [-0.2, -0.15) is 10.5 Å². The number of nitrogens with one attached hydrogen (secondary N) is 1. The van der Waals surface area contributed by atoms with Crippen molar-refractivity contribution < 1.29 is 9.66 Å². The number of benzene rings is 2. The van der Waals surface area contributed by atoms with Gasteiger partial charge in [-0.3, -0.25) is 15.0 Å². The Labute approximate surface area is 206 Å². The summed E-state index contributed by atoms with van der Waals surface area (Å²) in [5.74, 6) is -1.84. The van der Waals surface area contributed by atoms with Crippen molar-refractivity contribution in [3.05, 3.63) is 91.7 Å². The summed E-state index contributed by atoms with van der Waals surface area (Å²) in [7, 11) is 0. The molecule has 174 valence electrons. The maximum atomic E-state index is 12.5. The van der Waals surface area contributed by atoms with E-state index in [9.17, 15) is 20.6 Å². The number of nitro groups is 1. The fraction of sp³-hybridized carbons (Fsp3) is 0.360. The molecule has 1 fully saturated rings. The zero-order valence-corrected chi connectivity index (χ0v) is 20.1. The van der Waals surface area contributed by atoms with Crippen LogP contribution in [0.3, 0.4) is 0 Å². The van der Waals surface area contributed by atoms with Crippen LogP contribution in [0.5, 0.6) is 0 Å². The van der Waals surface area contributed by atoms with Gasteiger partial charge >= 0.3 is 0 Å². The van der Waals surface area contributed by atoms with Crippen molar-refractivity contribution in [3.8, 4) is 12.1 Å². The first-order chi connectivity index (χ1) is 16.5. The van der Waals surface area contributed by atoms with Crippen molar-refractivity contribution in [3.63, 3.8) is 0 Å². The summed E-state index contributed by atoms with van der Waals surface area (Å²) in [6.45, 7) is 4.02. The zero-order chi connectivity index (χ0) is 24.1. The third-order valence-electron chi connectivity index (χ3n) is 6.51. The molecule has 34 heavy (non-hydrogen) atoms. The maximum absolute atomic E-state index is 12.5. The van der Waals surface area contributed by atoms with Gasteiger partial charge in [-0.25, -0.2) is 0 Å². The van der Waals surface area contributed by atoms with Crippen LogP contribution in [0.2, 0.25) is 0 Å². The first kappa shape index (κ1) is 23.9. The van der Waals surface area contributed by atoms with Gasteiger partial charge in [0.15, 0.2) is 5.41 Å². The van der Waals surface area contributed by atoms with Gasteiger partial charge < -0.3 is 10.1 Å². The van der Waals surface area contributed by atoms with Gasteiger partial charge in [-0.1, -0.05) is 64.5 Å². The zero-order valence-electron chi connectivity index (χ0n) is 18.5. The molecule has 0 radical (unpaired) electrons. The van der Waals surface area contributed by atoms with Crippen molar-refractivity contribution in [2.75, 3.05) is 39.4 Å². The number of nitriles is 2. The number of hydrogen-bond acceptors (Lipinski definition) is 7. The molecule has 2 atom stereocenters. The molecular formula is C25H24BrN5O3. The van der Waals surface area contributed by atoms with E-state index in [4.69, 9.17) is 4.74 Å². The minimum absolute atomic E-state index is 0.128. The fourth-order valence-corrected chi connectivity index (χ4v) is 5.46. The smallest absolute Gasteiger partial charge is 0.275 e. The average Bonchev–Trinajstić information content (AvgIpc) is 3.16. The van der Waals surface area contributed by atoms with E-state index in [0.29, 0.717) is 47.6 Å². The molecule has 2 aliphatic rings. The van der Waals surface area contributed by atoms with Gasteiger partial charge in [-0.15, -0.1) is 0 Å². The SMILES string of the molecule is N#CC1(C#N)[C@@H](c2ccccc2)C([N+](=O)[O-])=C(NCCN2CCOCC2)[C@@H]1c1ccccc1Br. The van der Waals surface area contributed by atoms with E-state index in [1.165, 1.54) is 0 Å². The fourth-order valence-electron chi connectivity index (χ4n) is 4.94. The lowest BCUT2D eigenvalue weighted by atomic mass is 9.67. The summed E-state index contributed by atoms with van der Waals surface area (Å²) in [6, 6.07) is 20.5.